The molecule has 0 aromatic heterocycles. The van der Waals surface area contributed by atoms with Gasteiger partial charge in [-0.05, 0) is 43.6 Å². The molecule has 0 saturated carbocycles. The molecule has 1 aliphatic heterocycles. The van der Waals surface area contributed by atoms with Gasteiger partial charge in [0.2, 0.25) is 0 Å². The Morgan fingerprint density at radius 3 is 2.48 bits per heavy atom. The van der Waals surface area contributed by atoms with Crippen molar-refractivity contribution in [2.24, 2.45) is 5.92 Å². The highest BCUT2D eigenvalue weighted by Crippen LogP contribution is 2.26. The average Bonchev–Trinajstić information content (AvgIpc) is 2.56. The molecule has 6 heteroatoms. The number of benzene rings is 1. The normalized spacial score (nSPS) is 18.3. The van der Waals surface area contributed by atoms with Crippen LogP contribution >= 0.6 is 11.6 Å². The van der Waals surface area contributed by atoms with Crippen LogP contribution in [0.25, 0.3) is 0 Å². The molecule has 0 aliphatic carbocycles. The lowest BCUT2D eigenvalue weighted by Crippen LogP contribution is -2.37. The highest BCUT2D eigenvalue weighted by Gasteiger charge is 2.26. The Labute approximate surface area is 143 Å². The maximum atomic E-state index is 12.6. The third-order valence-corrected chi connectivity index (χ3v) is 6.50. The second-order valence-electron chi connectivity index (χ2n) is 5.82. The van der Waals surface area contributed by atoms with Crippen LogP contribution in [0.15, 0.2) is 36.9 Å². The largest absolute Gasteiger partial charge is 0.302 e. The zero-order chi connectivity index (χ0) is 16.9. The molecular weight excluding hydrogens is 332 g/mol. The summed E-state index contributed by atoms with van der Waals surface area (Å²) >= 11 is 5.86. The maximum absolute atomic E-state index is 12.6. The first-order valence-electron chi connectivity index (χ1n) is 7.68. The van der Waals surface area contributed by atoms with E-state index < -0.39 is 15.1 Å². The molecule has 1 aromatic rings. The summed E-state index contributed by atoms with van der Waals surface area (Å²) in [5.41, 5.74) is 0.688. The van der Waals surface area contributed by atoms with Crippen molar-refractivity contribution in [1.82, 2.24) is 4.90 Å². The van der Waals surface area contributed by atoms with Crippen LogP contribution < -0.4 is 0 Å². The summed E-state index contributed by atoms with van der Waals surface area (Å²) in [6.45, 7) is 5.75. The van der Waals surface area contributed by atoms with Crippen molar-refractivity contribution < 1.29 is 8.42 Å². The molecule has 2 rings (SSSR count). The fourth-order valence-corrected chi connectivity index (χ4v) is 4.57. The van der Waals surface area contributed by atoms with Crippen LogP contribution in [-0.2, 0) is 9.84 Å². The van der Waals surface area contributed by atoms with E-state index in [-0.39, 0.29) is 11.7 Å². The smallest absolute Gasteiger partial charge is 0.162 e. The van der Waals surface area contributed by atoms with Gasteiger partial charge in [0.05, 0.1) is 11.8 Å². The highest BCUT2D eigenvalue weighted by molar-refractivity contribution is 7.91. The number of piperidine rings is 1. The summed E-state index contributed by atoms with van der Waals surface area (Å²) in [4.78, 5) is 2.12. The molecule has 1 atom stereocenters. The Balaban J connectivity index is 1.98. The minimum Gasteiger partial charge on any atom is -0.302 e. The Morgan fingerprint density at radius 2 is 1.96 bits per heavy atom. The molecule has 23 heavy (non-hydrogen) atoms. The van der Waals surface area contributed by atoms with Crippen LogP contribution in [0.4, 0.5) is 0 Å². The first-order chi connectivity index (χ1) is 11.0. The number of nitrogens with zero attached hydrogens (tertiary/aromatic N) is 2. The molecule has 1 aliphatic rings. The quantitative estimate of drug-likeness (QED) is 0.737. The standard InChI is InChI=1S/C17H21ClN2O2S/c1-2-17(15-3-5-16(18)6-4-15)23(21,22)12-11-20-9-7-14(13-19)8-10-20/h2-6,14,17H,1,7-12H2. The molecule has 4 nitrogen and oxygen atoms in total. The molecule has 1 aromatic carbocycles. The fraction of sp³-hybridized carbons (Fsp3) is 0.471. The molecular formula is C17H21ClN2O2S. The highest BCUT2D eigenvalue weighted by atomic mass is 35.5. The van der Waals surface area contributed by atoms with E-state index >= 15 is 0 Å². The molecule has 0 bridgehead atoms. The van der Waals surface area contributed by atoms with E-state index in [4.69, 9.17) is 16.9 Å². The van der Waals surface area contributed by atoms with Gasteiger partial charge in [-0.15, -0.1) is 6.58 Å². The van der Waals surface area contributed by atoms with Crippen LogP contribution in [0.1, 0.15) is 23.7 Å². The van der Waals surface area contributed by atoms with Gasteiger partial charge < -0.3 is 4.90 Å². The molecule has 1 heterocycles. The van der Waals surface area contributed by atoms with Gasteiger partial charge in [-0.2, -0.15) is 5.26 Å². The van der Waals surface area contributed by atoms with Crippen LogP contribution in [0.5, 0.6) is 0 Å². The number of rotatable bonds is 6. The van der Waals surface area contributed by atoms with E-state index in [9.17, 15) is 8.42 Å². The van der Waals surface area contributed by atoms with Crippen LogP contribution in [-0.4, -0.2) is 38.7 Å². The molecule has 0 N–H and O–H groups in total. The van der Waals surface area contributed by atoms with Crippen molar-refractivity contribution in [1.29, 1.82) is 5.26 Å². The first-order valence-corrected chi connectivity index (χ1v) is 9.77. The SMILES string of the molecule is C=CC(c1ccc(Cl)cc1)S(=O)(=O)CCN1CCC(C#N)CC1. The Morgan fingerprint density at radius 1 is 1.35 bits per heavy atom. The predicted octanol–water partition coefficient (Wildman–Crippen LogP) is 3.22. The van der Waals surface area contributed by atoms with Crippen LogP contribution in [0, 0.1) is 17.2 Å². The van der Waals surface area contributed by atoms with Crippen molar-refractivity contribution in [3.05, 3.63) is 47.5 Å². The number of hydrogen-bond acceptors (Lipinski definition) is 4. The second-order valence-corrected chi connectivity index (χ2v) is 8.50. The Kier molecular flexibility index (Phi) is 6.23. The summed E-state index contributed by atoms with van der Waals surface area (Å²) < 4.78 is 25.3. The first kappa shape index (κ1) is 18.0. The van der Waals surface area contributed by atoms with Crippen molar-refractivity contribution in [2.45, 2.75) is 18.1 Å². The zero-order valence-corrected chi connectivity index (χ0v) is 14.6. The van der Waals surface area contributed by atoms with Gasteiger partial charge in [0.25, 0.3) is 0 Å². The van der Waals surface area contributed by atoms with E-state index in [0.29, 0.717) is 17.1 Å². The van der Waals surface area contributed by atoms with Crippen LogP contribution in [0.3, 0.4) is 0 Å². The van der Waals surface area contributed by atoms with Gasteiger partial charge >= 0.3 is 0 Å². The number of sulfone groups is 1. The van der Waals surface area contributed by atoms with Crippen LogP contribution in [0.2, 0.25) is 5.02 Å². The summed E-state index contributed by atoms with van der Waals surface area (Å²) in [6, 6.07) is 9.11. The van der Waals surface area contributed by atoms with Crippen molar-refractivity contribution in [3.63, 3.8) is 0 Å². The molecule has 1 unspecified atom stereocenters. The zero-order valence-electron chi connectivity index (χ0n) is 13.0. The topological polar surface area (TPSA) is 61.2 Å². The number of nitriles is 1. The minimum atomic E-state index is -3.32. The Hall–Kier alpha value is -1.35. The van der Waals surface area contributed by atoms with Crippen molar-refractivity contribution in [3.8, 4) is 6.07 Å². The minimum absolute atomic E-state index is 0.0868. The third kappa shape index (κ3) is 4.81. The monoisotopic (exact) mass is 352 g/mol. The number of hydrogen-bond donors (Lipinski definition) is 0. The molecule has 0 spiro atoms. The second kappa shape index (κ2) is 7.96. The summed E-state index contributed by atoms with van der Waals surface area (Å²) in [5.74, 6) is 0.196. The van der Waals surface area contributed by atoms with E-state index in [0.717, 1.165) is 25.9 Å². The molecule has 124 valence electrons. The molecule has 0 radical (unpaired) electrons. The van der Waals surface area contributed by atoms with Gasteiger partial charge in [0.15, 0.2) is 9.84 Å². The lowest BCUT2D eigenvalue weighted by Gasteiger charge is -2.29. The van der Waals surface area contributed by atoms with E-state index in [2.05, 4.69) is 17.5 Å². The van der Waals surface area contributed by atoms with Gasteiger partial charge in [0.1, 0.15) is 5.25 Å². The fourth-order valence-electron chi connectivity index (χ4n) is 2.81. The average molecular weight is 353 g/mol. The lowest BCUT2D eigenvalue weighted by molar-refractivity contribution is 0.216. The predicted molar refractivity (Wildman–Crippen MR) is 93.0 cm³/mol. The maximum Gasteiger partial charge on any atom is 0.162 e. The summed E-state index contributed by atoms with van der Waals surface area (Å²) in [6.07, 6.45) is 3.11. The summed E-state index contributed by atoms with van der Waals surface area (Å²) in [5, 5.41) is 8.77. The molecule has 0 amide bonds. The van der Waals surface area contributed by atoms with E-state index in [1.807, 2.05) is 0 Å². The Bertz CT molecular complexity index is 672. The van der Waals surface area contributed by atoms with Gasteiger partial charge in [-0.3, -0.25) is 0 Å². The number of likely N-dealkylation sites (tertiary alicyclic amines) is 1. The van der Waals surface area contributed by atoms with E-state index in [1.54, 1.807) is 24.3 Å². The van der Waals surface area contributed by atoms with Gasteiger partial charge in [-0.1, -0.05) is 29.8 Å². The van der Waals surface area contributed by atoms with Gasteiger partial charge in [0, 0.05) is 17.5 Å². The van der Waals surface area contributed by atoms with E-state index in [1.165, 1.54) is 6.08 Å². The summed E-state index contributed by atoms with van der Waals surface area (Å²) in [7, 11) is -3.32. The third-order valence-electron chi connectivity index (χ3n) is 4.26. The number of halogens is 1. The molecule has 1 saturated heterocycles. The lowest BCUT2D eigenvalue weighted by atomic mass is 9.99. The van der Waals surface area contributed by atoms with Crippen molar-refractivity contribution >= 4 is 21.4 Å². The van der Waals surface area contributed by atoms with Gasteiger partial charge in [-0.25, -0.2) is 8.42 Å². The van der Waals surface area contributed by atoms with Crippen molar-refractivity contribution in [2.75, 3.05) is 25.4 Å². The molecule has 1 fully saturated rings.